The number of rotatable bonds is 4. The molecule has 4 nitrogen and oxygen atoms in total. The van der Waals surface area contributed by atoms with Gasteiger partial charge in [-0.1, -0.05) is 26.0 Å². The van der Waals surface area contributed by atoms with Crippen molar-refractivity contribution in [2.45, 2.75) is 59.0 Å². The van der Waals surface area contributed by atoms with Crippen molar-refractivity contribution in [2.24, 2.45) is 11.8 Å². The van der Waals surface area contributed by atoms with E-state index in [1.54, 1.807) is 6.92 Å². The summed E-state index contributed by atoms with van der Waals surface area (Å²) in [6, 6.07) is 10.8. The highest BCUT2D eigenvalue weighted by atomic mass is 16.2. The molecule has 1 amide bonds. The summed E-state index contributed by atoms with van der Waals surface area (Å²) >= 11 is 0. The van der Waals surface area contributed by atoms with E-state index in [1.807, 2.05) is 17.2 Å². The number of nitrogens with zero attached hydrogens (tertiary/aromatic N) is 2. The summed E-state index contributed by atoms with van der Waals surface area (Å²) < 4.78 is 0. The zero-order valence-corrected chi connectivity index (χ0v) is 16.7. The van der Waals surface area contributed by atoms with Gasteiger partial charge in [-0.3, -0.25) is 9.78 Å². The Hall–Kier alpha value is -2.36. The maximum atomic E-state index is 12.5. The minimum absolute atomic E-state index is 0.106. The van der Waals surface area contributed by atoms with Crippen LogP contribution in [-0.4, -0.2) is 16.9 Å². The molecule has 0 saturated heterocycles. The molecule has 2 aliphatic rings. The Morgan fingerprint density at radius 3 is 2.70 bits per heavy atom. The van der Waals surface area contributed by atoms with Gasteiger partial charge in [0.25, 0.3) is 0 Å². The molecule has 1 aliphatic heterocycles. The molecule has 27 heavy (non-hydrogen) atoms. The van der Waals surface area contributed by atoms with E-state index in [1.165, 1.54) is 29.7 Å². The third-order valence-electron chi connectivity index (χ3n) is 6.25. The number of carbonyl (C=O) groups is 1. The summed E-state index contributed by atoms with van der Waals surface area (Å²) in [6.07, 6.45) is 5.27. The van der Waals surface area contributed by atoms with E-state index in [2.05, 4.69) is 50.4 Å². The highest BCUT2D eigenvalue weighted by molar-refractivity contribution is 5.93. The Labute approximate surface area is 162 Å². The monoisotopic (exact) mass is 363 g/mol. The van der Waals surface area contributed by atoms with E-state index in [4.69, 9.17) is 4.98 Å². The van der Waals surface area contributed by atoms with Crippen molar-refractivity contribution >= 4 is 17.3 Å². The lowest BCUT2D eigenvalue weighted by Gasteiger charge is -2.45. The summed E-state index contributed by atoms with van der Waals surface area (Å²) in [4.78, 5) is 19.3. The van der Waals surface area contributed by atoms with E-state index in [0.717, 1.165) is 17.8 Å². The molecular formula is C23H29N3O. The number of pyridine rings is 1. The lowest BCUT2D eigenvalue weighted by Crippen LogP contribution is -2.51. The van der Waals surface area contributed by atoms with E-state index in [0.29, 0.717) is 11.8 Å². The van der Waals surface area contributed by atoms with Gasteiger partial charge in [0, 0.05) is 30.8 Å². The van der Waals surface area contributed by atoms with Crippen LogP contribution in [0.2, 0.25) is 0 Å². The lowest BCUT2D eigenvalue weighted by molar-refractivity contribution is -0.117. The van der Waals surface area contributed by atoms with Crippen molar-refractivity contribution in [3.63, 3.8) is 0 Å². The van der Waals surface area contributed by atoms with Crippen LogP contribution >= 0.6 is 0 Å². The molecular weight excluding hydrogens is 334 g/mol. The SMILES string of the molecule is CCc1c(C)cccc1NC1c2ncccc2N(C(C)=O)C(C2CC2)C1C. The molecule has 0 spiro atoms. The first-order valence-electron chi connectivity index (χ1n) is 10.1. The number of anilines is 2. The minimum Gasteiger partial charge on any atom is -0.376 e. The predicted octanol–water partition coefficient (Wildman–Crippen LogP) is 4.89. The Kier molecular flexibility index (Phi) is 4.67. The third kappa shape index (κ3) is 3.11. The molecule has 4 rings (SSSR count). The van der Waals surface area contributed by atoms with Crippen molar-refractivity contribution in [2.75, 3.05) is 10.2 Å². The van der Waals surface area contributed by atoms with Crippen LogP contribution in [-0.2, 0) is 11.2 Å². The van der Waals surface area contributed by atoms with Crippen LogP contribution in [0.15, 0.2) is 36.5 Å². The first kappa shape index (κ1) is 18.0. The van der Waals surface area contributed by atoms with E-state index in [-0.39, 0.29) is 18.0 Å². The fourth-order valence-electron chi connectivity index (χ4n) is 4.83. The summed E-state index contributed by atoms with van der Waals surface area (Å²) in [5, 5.41) is 3.82. The number of aromatic nitrogens is 1. The number of amides is 1. The molecule has 142 valence electrons. The van der Waals surface area contributed by atoms with Crippen molar-refractivity contribution < 1.29 is 4.79 Å². The summed E-state index contributed by atoms with van der Waals surface area (Å²) in [7, 11) is 0. The van der Waals surface area contributed by atoms with Crippen LogP contribution in [0.3, 0.4) is 0 Å². The molecule has 1 aromatic heterocycles. The van der Waals surface area contributed by atoms with Crippen LogP contribution in [0.4, 0.5) is 11.4 Å². The quantitative estimate of drug-likeness (QED) is 0.841. The third-order valence-corrected chi connectivity index (χ3v) is 6.25. The smallest absolute Gasteiger partial charge is 0.224 e. The zero-order valence-electron chi connectivity index (χ0n) is 16.7. The Morgan fingerprint density at radius 2 is 2.04 bits per heavy atom. The molecule has 1 aromatic carbocycles. The first-order chi connectivity index (χ1) is 13.0. The van der Waals surface area contributed by atoms with Gasteiger partial charge in [-0.15, -0.1) is 0 Å². The molecule has 1 N–H and O–H groups in total. The maximum absolute atomic E-state index is 12.5. The number of aryl methyl sites for hydroxylation is 1. The van der Waals surface area contributed by atoms with E-state index >= 15 is 0 Å². The summed E-state index contributed by atoms with van der Waals surface area (Å²) in [5.74, 6) is 1.02. The zero-order chi connectivity index (χ0) is 19.1. The number of nitrogens with one attached hydrogen (secondary N) is 1. The molecule has 1 aliphatic carbocycles. The predicted molar refractivity (Wildman–Crippen MR) is 110 cm³/mol. The number of fused-ring (bicyclic) bond motifs is 1. The molecule has 2 aromatic rings. The van der Waals surface area contributed by atoms with Crippen LogP contribution < -0.4 is 10.2 Å². The molecule has 0 radical (unpaired) electrons. The molecule has 1 fully saturated rings. The second-order valence-corrected chi connectivity index (χ2v) is 8.06. The fraction of sp³-hybridized carbons (Fsp3) is 0.478. The van der Waals surface area contributed by atoms with Gasteiger partial charge >= 0.3 is 0 Å². The Bertz CT molecular complexity index is 858. The topological polar surface area (TPSA) is 45.2 Å². The van der Waals surface area contributed by atoms with Gasteiger partial charge in [0.15, 0.2) is 0 Å². The molecule has 1 saturated carbocycles. The highest BCUT2D eigenvalue weighted by Crippen LogP contribution is 2.49. The number of hydrogen-bond acceptors (Lipinski definition) is 3. The van der Waals surface area contributed by atoms with Crippen LogP contribution in [0, 0.1) is 18.8 Å². The molecule has 4 heteroatoms. The molecule has 3 unspecified atom stereocenters. The van der Waals surface area contributed by atoms with Gasteiger partial charge in [0.1, 0.15) is 0 Å². The summed E-state index contributed by atoms with van der Waals surface area (Å²) in [6.45, 7) is 8.33. The normalized spacial score (nSPS) is 24.4. The standard InChI is InChI=1S/C23H29N3O/c1-5-18-14(2)8-6-9-19(18)25-21-15(3)23(17-11-12-17)26(16(4)27)20-10-7-13-24-22(20)21/h6-10,13,15,17,21,23,25H,5,11-12H2,1-4H3. The maximum Gasteiger partial charge on any atom is 0.224 e. The minimum atomic E-state index is 0.106. The fourth-order valence-corrected chi connectivity index (χ4v) is 4.83. The van der Waals surface area contributed by atoms with Gasteiger partial charge in [-0.2, -0.15) is 0 Å². The largest absolute Gasteiger partial charge is 0.376 e. The number of benzene rings is 1. The van der Waals surface area contributed by atoms with E-state index < -0.39 is 0 Å². The van der Waals surface area contributed by atoms with Crippen molar-refractivity contribution in [3.8, 4) is 0 Å². The molecule has 3 atom stereocenters. The van der Waals surface area contributed by atoms with Crippen LogP contribution in [0.25, 0.3) is 0 Å². The lowest BCUT2D eigenvalue weighted by atomic mass is 9.82. The molecule has 0 bridgehead atoms. The molecule has 2 heterocycles. The van der Waals surface area contributed by atoms with Crippen molar-refractivity contribution in [1.29, 1.82) is 0 Å². The average molecular weight is 364 g/mol. The first-order valence-corrected chi connectivity index (χ1v) is 10.1. The van der Waals surface area contributed by atoms with Gasteiger partial charge in [-0.05, 0) is 61.4 Å². The Morgan fingerprint density at radius 1 is 1.26 bits per heavy atom. The second kappa shape index (κ2) is 6.99. The second-order valence-electron chi connectivity index (χ2n) is 8.06. The van der Waals surface area contributed by atoms with Crippen LogP contribution in [0.1, 0.15) is 56.5 Å². The van der Waals surface area contributed by atoms with E-state index in [9.17, 15) is 4.79 Å². The van der Waals surface area contributed by atoms with Gasteiger partial charge in [0.05, 0.1) is 17.4 Å². The van der Waals surface area contributed by atoms with Crippen molar-refractivity contribution in [1.82, 2.24) is 4.98 Å². The Balaban J connectivity index is 1.79. The highest BCUT2D eigenvalue weighted by Gasteiger charge is 2.48. The van der Waals surface area contributed by atoms with Gasteiger partial charge in [0.2, 0.25) is 5.91 Å². The average Bonchev–Trinajstić information content (AvgIpc) is 3.48. The van der Waals surface area contributed by atoms with Crippen molar-refractivity contribution in [3.05, 3.63) is 53.3 Å². The van der Waals surface area contributed by atoms with Gasteiger partial charge < -0.3 is 10.2 Å². The van der Waals surface area contributed by atoms with Gasteiger partial charge in [-0.25, -0.2) is 0 Å². The number of carbonyl (C=O) groups excluding carboxylic acids is 1. The summed E-state index contributed by atoms with van der Waals surface area (Å²) in [5.41, 5.74) is 5.83. The van der Waals surface area contributed by atoms with Crippen LogP contribution in [0.5, 0.6) is 0 Å². The number of hydrogen-bond donors (Lipinski definition) is 1.